The number of imide groups is 1. The SMILES string of the molecule is O=C(COC(=O)c1[nH]c2ccccc2c1Cl)NC(=O)NCC(F)(F)F. The van der Waals surface area contributed by atoms with Crippen LogP contribution in [-0.4, -0.2) is 42.2 Å². The smallest absolute Gasteiger partial charge is 0.405 e. The summed E-state index contributed by atoms with van der Waals surface area (Å²) >= 11 is 6.03. The molecule has 0 aliphatic heterocycles. The topological polar surface area (TPSA) is 100 Å². The Balaban J connectivity index is 1.87. The van der Waals surface area contributed by atoms with E-state index in [1.165, 1.54) is 5.32 Å². The molecule has 0 fully saturated rings. The molecule has 3 N–H and O–H groups in total. The third-order valence-electron chi connectivity index (χ3n) is 2.88. The number of hydrogen-bond donors (Lipinski definition) is 3. The summed E-state index contributed by atoms with van der Waals surface area (Å²) in [6.07, 6.45) is -4.61. The molecule has 0 radical (unpaired) electrons. The number of aromatic nitrogens is 1. The summed E-state index contributed by atoms with van der Waals surface area (Å²) in [4.78, 5) is 37.1. The number of halogens is 4. The molecule has 0 unspecified atom stereocenters. The molecule has 0 aliphatic carbocycles. The molecule has 0 atom stereocenters. The number of fused-ring (bicyclic) bond motifs is 1. The number of urea groups is 1. The molecule has 134 valence electrons. The van der Waals surface area contributed by atoms with Gasteiger partial charge < -0.3 is 15.0 Å². The molecule has 2 rings (SSSR count). The molecule has 0 aliphatic rings. The summed E-state index contributed by atoms with van der Waals surface area (Å²) in [7, 11) is 0. The van der Waals surface area contributed by atoms with Crippen molar-refractivity contribution in [3.8, 4) is 0 Å². The van der Waals surface area contributed by atoms with Gasteiger partial charge in [0.05, 0.1) is 5.02 Å². The van der Waals surface area contributed by atoms with Gasteiger partial charge in [0.2, 0.25) is 0 Å². The van der Waals surface area contributed by atoms with Crippen molar-refractivity contribution in [2.45, 2.75) is 6.18 Å². The first kappa shape index (κ1) is 18.6. The molecule has 7 nitrogen and oxygen atoms in total. The second-order valence-electron chi connectivity index (χ2n) is 4.78. The van der Waals surface area contributed by atoms with Crippen molar-refractivity contribution in [3.63, 3.8) is 0 Å². The highest BCUT2D eigenvalue weighted by atomic mass is 35.5. The number of benzene rings is 1. The molecule has 3 amide bonds. The molecule has 1 aromatic carbocycles. The Labute approximate surface area is 143 Å². The predicted molar refractivity (Wildman–Crippen MR) is 81.2 cm³/mol. The predicted octanol–water partition coefficient (Wildman–Crippen LogP) is 2.37. The lowest BCUT2D eigenvalue weighted by molar-refractivity contribution is -0.125. The molecule has 25 heavy (non-hydrogen) atoms. The van der Waals surface area contributed by atoms with E-state index < -0.39 is 37.2 Å². The highest BCUT2D eigenvalue weighted by Crippen LogP contribution is 2.27. The maximum atomic E-state index is 11.9. The lowest BCUT2D eigenvalue weighted by atomic mass is 10.2. The van der Waals surface area contributed by atoms with Crippen LogP contribution in [0.4, 0.5) is 18.0 Å². The van der Waals surface area contributed by atoms with E-state index in [1.807, 2.05) is 0 Å². The second-order valence-corrected chi connectivity index (χ2v) is 5.16. The molecule has 1 heterocycles. The van der Waals surface area contributed by atoms with Gasteiger partial charge in [-0.25, -0.2) is 9.59 Å². The summed E-state index contributed by atoms with van der Waals surface area (Å²) in [5.74, 6) is -2.05. The van der Waals surface area contributed by atoms with Crippen molar-refractivity contribution in [2.24, 2.45) is 0 Å². The summed E-state index contributed by atoms with van der Waals surface area (Å²) in [6.45, 7) is -2.47. The van der Waals surface area contributed by atoms with Gasteiger partial charge >= 0.3 is 18.2 Å². The Bertz CT molecular complexity index is 819. The largest absolute Gasteiger partial charge is 0.451 e. The molecule has 0 saturated carbocycles. The van der Waals surface area contributed by atoms with Gasteiger partial charge in [0.1, 0.15) is 12.2 Å². The van der Waals surface area contributed by atoms with Crippen LogP contribution < -0.4 is 10.6 Å². The van der Waals surface area contributed by atoms with Gasteiger partial charge in [-0.15, -0.1) is 0 Å². The number of carbonyl (C=O) groups excluding carboxylic acids is 3. The van der Waals surface area contributed by atoms with E-state index in [4.69, 9.17) is 11.6 Å². The van der Waals surface area contributed by atoms with E-state index in [0.29, 0.717) is 10.9 Å². The molecular weight excluding hydrogens is 367 g/mol. The first-order chi connectivity index (χ1) is 11.7. The van der Waals surface area contributed by atoms with Crippen molar-refractivity contribution < 1.29 is 32.3 Å². The third-order valence-corrected chi connectivity index (χ3v) is 3.28. The van der Waals surface area contributed by atoms with Crippen LogP contribution in [0.5, 0.6) is 0 Å². The number of hydrogen-bond acceptors (Lipinski definition) is 4. The number of alkyl halides is 3. The van der Waals surface area contributed by atoms with Crippen molar-refractivity contribution in [3.05, 3.63) is 35.0 Å². The van der Waals surface area contributed by atoms with Crippen LogP contribution in [-0.2, 0) is 9.53 Å². The Hall–Kier alpha value is -2.75. The minimum Gasteiger partial charge on any atom is -0.451 e. The number of carbonyl (C=O) groups is 3. The van der Waals surface area contributed by atoms with Crippen molar-refractivity contribution in [1.82, 2.24) is 15.6 Å². The van der Waals surface area contributed by atoms with Crippen molar-refractivity contribution in [1.29, 1.82) is 0 Å². The number of para-hydroxylation sites is 1. The van der Waals surface area contributed by atoms with E-state index in [1.54, 1.807) is 29.6 Å². The zero-order valence-corrected chi connectivity index (χ0v) is 13.1. The standard InChI is InChI=1S/C14H11ClF3N3O4/c15-10-7-3-1-2-4-8(7)20-11(10)12(23)25-5-9(22)21-13(24)19-6-14(16,17)18/h1-4,20H,5-6H2,(H2,19,21,22,24). The number of H-pyrrole nitrogens is 1. The number of rotatable bonds is 4. The van der Waals surface area contributed by atoms with Gasteiger partial charge in [-0.3, -0.25) is 10.1 Å². The van der Waals surface area contributed by atoms with Gasteiger partial charge in [0, 0.05) is 10.9 Å². The fourth-order valence-electron chi connectivity index (χ4n) is 1.84. The van der Waals surface area contributed by atoms with Crippen LogP contribution in [0.15, 0.2) is 24.3 Å². The van der Waals surface area contributed by atoms with Gasteiger partial charge in [-0.2, -0.15) is 13.2 Å². The first-order valence-corrected chi connectivity index (χ1v) is 7.13. The Morgan fingerprint density at radius 3 is 2.52 bits per heavy atom. The van der Waals surface area contributed by atoms with Crippen molar-refractivity contribution in [2.75, 3.05) is 13.2 Å². The first-order valence-electron chi connectivity index (χ1n) is 6.75. The molecule has 1 aromatic heterocycles. The quantitative estimate of drug-likeness (QED) is 0.712. The Morgan fingerprint density at radius 1 is 1.20 bits per heavy atom. The van der Waals surface area contributed by atoms with E-state index >= 15 is 0 Å². The van der Waals surface area contributed by atoms with Crippen LogP contribution in [0.3, 0.4) is 0 Å². The lowest BCUT2D eigenvalue weighted by Crippen LogP contribution is -2.44. The number of ether oxygens (including phenoxy) is 1. The molecule has 0 saturated heterocycles. The van der Waals surface area contributed by atoms with Gasteiger partial charge in [0.25, 0.3) is 5.91 Å². The second kappa shape index (κ2) is 7.43. The highest BCUT2D eigenvalue weighted by Gasteiger charge is 2.28. The van der Waals surface area contributed by atoms with Crippen molar-refractivity contribution >= 4 is 40.4 Å². The summed E-state index contributed by atoms with van der Waals surface area (Å²) in [6, 6.07) is 5.42. The van der Waals surface area contributed by atoms with E-state index in [0.717, 1.165) is 0 Å². The molecule has 0 spiro atoms. The average molecular weight is 378 g/mol. The Kier molecular flexibility index (Phi) is 5.52. The maximum absolute atomic E-state index is 11.9. The Morgan fingerprint density at radius 2 is 1.88 bits per heavy atom. The number of amides is 3. The van der Waals surface area contributed by atoms with Crippen LogP contribution in [0.2, 0.25) is 5.02 Å². The van der Waals surface area contributed by atoms with Crippen LogP contribution in [0, 0.1) is 0 Å². The fourth-order valence-corrected chi connectivity index (χ4v) is 2.13. The van der Waals surface area contributed by atoms with E-state index in [9.17, 15) is 27.6 Å². The lowest BCUT2D eigenvalue weighted by Gasteiger charge is -2.09. The van der Waals surface area contributed by atoms with Crippen LogP contribution in [0.25, 0.3) is 10.9 Å². The third kappa shape index (κ3) is 5.11. The summed E-state index contributed by atoms with van der Waals surface area (Å²) in [5, 5.41) is 3.70. The van der Waals surface area contributed by atoms with Gasteiger partial charge in [-0.05, 0) is 6.07 Å². The molecular formula is C14H11ClF3N3O4. The zero-order chi connectivity index (χ0) is 18.6. The number of nitrogens with one attached hydrogen (secondary N) is 3. The van der Waals surface area contributed by atoms with Crippen LogP contribution in [0.1, 0.15) is 10.5 Å². The van der Waals surface area contributed by atoms with Crippen LogP contribution >= 0.6 is 11.6 Å². The number of aromatic amines is 1. The zero-order valence-electron chi connectivity index (χ0n) is 12.4. The normalized spacial score (nSPS) is 11.2. The summed E-state index contributed by atoms with van der Waals surface area (Å²) < 4.78 is 40.4. The molecule has 11 heteroatoms. The molecule has 2 aromatic rings. The average Bonchev–Trinajstić information content (AvgIpc) is 2.87. The maximum Gasteiger partial charge on any atom is 0.405 e. The minimum atomic E-state index is -4.61. The van der Waals surface area contributed by atoms with E-state index in [2.05, 4.69) is 9.72 Å². The number of esters is 1. The minimum absolute atomic E-state index is 0.0859. The highest BCUT2D eigenvalue weighted by molar-refractivity contribution is 6.38. The van der Waals surface area contributed by atoms with Gasteiger partial charge in [0.15, 0.2) is 6.61 Å². The van der Waals surface area contributed by atoms with Gasteiger partial charge in [-0.1, -0.05) is 29.8 Å². The monoisotopic (exact) mass is 377 g/mol. The summed E-state index contributed by atoms with van der Waals surface area (Å²) in [5.41, 5.74) is 0.493. The van der Waals surface area contributed by atoms with E-state index in [-0.39, 0.29) is 10.7 Å². The molecule has 0 bridgehead atoms. The fraction of sp³-hybridized carbons (Fsp3) is 0.214.